The van der Waals surface area contributed by atoms with Crippen molar-refractivity contribution in [2.24, 2.45) is 0 Å². The van der Waals surface area contributed by atoms with Gasteiger partial charge in [0.05, 0.1) is 22.4 Å². The van der Waals surface area contributed by atoms with Crippen LogP contribution in [0.1, 0.15) is 42.3 Å². The number of hydrogen-bond donors (Lipinski definition) is 0. The number of pyridine rings is 1. The number of carbonyl (C=O) groups is 3. The van der Waals surface area contributed by atoms with E-state index in [0.29, 0.717) is 11.3 Å². The fourth-order valence-corrected chi connectivity index (χ4v) is 3.04. The maximum atomic E-state index is 12.3. The fraction of sp³-hybridized carbons (Fsp3) is 0.150. The predicted molar refractivity (Wildman–Crippen MR) is 98.2 cm³/mol. The summed E-state index contributed by atoms with van der Waals surface area (Å²) in [6.07, 6.45) is 1.63. The van der Waals surface area contributed by atoms with E-state index in [-0.39, 0.29) is 28.9 Å². The van der Waals surface area contributed by atoms with Crippen molar-refractivity contribution in [3.8, 4) is 0 Å². The van der Waals surface area contributed by atoms with Gasteiger partial charge in [0.1, 0.15) is 12.3 Å². The molecule has 8 heteroatoms. The summed E-state index contributed by atoms with van der Waals surface area (Å²) in [6, 6.07) is 9.05. The van der Waals surface area contributed by atoms with Crippen LogP contribution in [0.4, 0.5) is 0 Å². The second-order valence-corrected chi connectivity index (χ2v) is 6.52. The van der Waals surface area contributed by atoms with Gasteiger partial charge in [-0.15, -0.1) is 0 Å². The molecular weight excluding hydrogens is 362 g/mol. The monoisotopic (exact) mass is 377 g/mol. The van der Waals surface area contributed by atoms with Crippen LogP contribution >= 0.6 is 0 Å². The Morgan fingerprint density at radius 1 is 1.04 bits per heavy atom. The number of ether oxygens (including phenoxy) is 1. The Hall–Kier alpha value is -3.81. The van der Waals surface area contributed by atoms with Crippen molar-refractivity contribution in [2.45, 2.75) is 13.5 Å². The first-order valence-corrected chi connectivity index (χ1v) is 8.47. The van der Waals surface area contributed by atoms with Gasteiger partial charge in [0, 0.05) is 19.3 Å². The molecule has 2 amide bonds. The minimum absolute atomic E-state index is 0.142. The summed E-state index contributed by atoms with van der Waals surface area (Å²) in [5.74, 6) is -1.55. The highest BCUT2D eigenvalue weighted by molar-refractivity contribution is 6.21. The molecule has 1 aromatic carbocycles. The SMILES string of the molecule is Cc1ccn2c(=O)cc(COC(=O)c3ccc4c(c3)C(=O)N(C)C4=O)nc2c1. The average Bonchev–Trinajstić information content (AvgIpc) is 2.89. The molecule has 0 radical (unpaired) electrons. The molecule has 1 aliphatic heterocycles. The van der Waals surface area contributed by atoms with E-state index < -0.39 is 17.8 Å². The highest BCUT2D eigenvalue weighted by Gasteiger charge is 2.33. The predicted octanol–water partition coefficient (Wildman–Crippen LogP) is 1.59. The van der Waals surface area contributed by atoms with Gasteiger partial charge in [-0.3, -0.25) is 23.7 Å². The van der Waals surface area contributed by atoms with Crippen LogP contribution in [-0.2, 0) is 11.3 Å². The van der Waals surface area contributed by atoms with Gasteiger partial charge in [-0.05, 0) is 42.8 Å². The Morgan fingerprint density at radius 3 is 2.57 bits per heavy atom. The Kier molecular flexibility index (Phi) is 4.03. The van der Waals surface area contributed by atoms with Crippen molar-refractivity contribution in [1.29, 1.82) is 0 Å². The lowest BCUT2D eigenvalue weighted by Crippen LogP contribution is -2.24. The second kappa shape index (κ2) is 6.41. The largest absolute Gasteiger partial charge is 0.456 e. The molecule has 0 atom stereocenters. The summed E-state index contributed by atoms with van der Waals surface area (Å²) in [5.41, 5.74) is 2.01. The van der Waals surface area contributed by atoms with Crippen LogP contribution in [0.5, 0.6) is 0 Å². The number of rotatable bonds is 3. The van der Waals surface area contributed by atoms with Gasteiger partial charge >= 0.3 is 5.97 Å². The average molecular weight is 377 g/mol. The highest BCUT2D eigenvalue weighted by Crippen LogP contribution is 2.23. The smallest absolute Gasteiger partial charge is 0.338 e. The molecule has 0 fully saturated rings. The van der Waals surface area contributed by atoms with Crippen LogP contribution in [0.2, 0.25) is 0 Å². The third kappa shape index (κ3) is 2.84. The van der Waals surface area contributed by atoms with Crippen LogP contribution in [0.3, 0.4) is 0 Å². The fourth-order valence-electron chi connectivity index (χ4n) is 3.04. The van der Waals surface area contributed by atoms with E-state index in [0.717, 1.165) is 10.5 Å². The minimum atomic E-state index is -0.677. The molecule has 0 saturated carbocycles. The molecular formula is C20H15N3O5. The first kappa shape index (κ1) is 17.6. The quantitative estimate of drug-likeness (QED) is 0.508. The number of benzene rings is 1. The van der Waals surface area contributed by atoms with Gasteiger partial charge in [0.2, 0.25) is 0 Å². The van der Waals surface area contributed by atoms with Crippen molar-refractivity contribution in [2.75, 3.05) is 7.05 Å². The second-order valence-electron chi connectivity index (χ2n) is 6.52. The van der Waals surface area contributed by atoms with Gasteiger partial charge in [0.15, 0.2) is 0 Å². The number of carbonyl (C=O) groups excluding carboxylic acids is 3. The summed E-state index contributed by atoms with van der Waals surface area (Å²) in [4.78, 5) is 53.8. The Labute approximate surface area is 159 Å². The molecule has 28 heavy (non-hydrogen) atoms. The van der Waals surface area contributed by atoms with E-state index in [1.165, 1.54) is 35.7 Å². The zero-order chi connectivity index (χ0) is 20.0. The molecule has 0 bridgehead atoms. The molecule has 0 aliphatic carbocycles. The summed E-state index contributed by atoms with van der Waals surface area (Å²) < 4.78 is 6.64. The van der Waals surface area contributed by atoms with Crippen LogP contribution in [0.25, 0.3) is 5.65 Å². The highest BCUT2D eigenvalue weighted by atomic mass is 16.5. The lowest BCUT2D eigenvalue weighted by atomic mass is 10.1. The van der Waals surface area contributed by atoms with E-state index >= 15 is 0 Å². The van der Waals surface area contributed by atoms with Crippen LogP contribution < -0.4 is 5.56 Å². The number of imide groups is 1. The molecule has 0 N–H and O–H groups in total. The summed E-state index contributed by atoms with van der Waals surface area (Å²) in [7, 11) is 1.38. The zero-order valence-corrected chi connectivity index (χ0v) is 15.1. The minimum Gasteiger partial charge on any atom is -0.456 e. The van der Waals surface area contributed by atoms with Gasteiger partial charge in [-0.25, -0.2) is 9.78 Å². The number of aryl methyl sites for hydroxylation is 1. The lowest BCUT2D eigenvalue weighted by Gasteiger charge is -2.07. The van der Waals surface area contributed by atoms with E-state index in [1.807, 2.05) is 6.92 Å². The Morgan fingerprint density at radius 2 is 1.79 bits per heavy atom. The number of hydrogen-bond acceptors (Lipinski definition) is 6. The molecule has 4 rings (SSSR count). The topological polar surface area (TPSA) is 98.0 Å². The molecule has 0 saturated heterocycles. The van der Waals surface area contributed by atoms with Crippen molar-refractivity contribution < 1.29 is 19.1 Å². The van der Waals surface area contributed by atoms with Crippen molar-refractivity contribution >= 4 is 23.4 Å². The molecule has 2 aromatic heterocycles. The molecule has 3 heterocycles. The molecule has 140 valence electrons. The van der Waals surface area contributed by atoms with Gasteiger partial charge in [-0.1, -0.05) is 0 Å². The van der Waals surface area contributed by atoms with E-state index in [2.05, 4.69) is 4.98 Å². The van der Waals surface area contributed by atoms with Crippen LogP contribution in [0.15, 0.2) is 47.4 Å². The Bertz CT molecular complexity index is 1230. The maximum absolute atomic E-state index is 12.3. The molecule has 3 aromatic rings. The number of fused-ring (bicyclic) bond motifs is 2. The standard InChI is InChI=1S/C20H15N3O5/c1-11-5-6-23-16(7-11)21-13(9-17(23)24)10-28-20(27)12-3-4-14-15(8-12)19(26)22(2)18(14)25/h3-9H,10H2,1-2H3. The third-order valence-corrected chi connectivity index (χ3v) is 4.55. The van der Waals surface area contributed by atoms with Crippen LogP contribution in [-0.4, -0.2) is 39.1 Å². The molecule has 1 aliphatic rings. The lowest BCUT2D eigenvalue weighted by molar-refractivity contribution is 0.0467. The van der Waals surface area contributed by atoms with Crippen molar-refractivity contribution in [1.82, 2.24) is 14.3 Å². The summed E-state index contributed by atoms with van der Waals surface area (Å²) >= 11 is 0. The molecule has 0 spiro atoms. The van der Waals surface area contributed by atoms with Crippen molar-refractivity contribution in [3.63, 3.8) is 0 Å². The van der Waals surface area contributed by atoms with E-state index in [9.17, 15) is 19.2 Å². The zero-order valence-electron chi connectivity index (χ0n) is 15.1. The van der Waals surface area contributed by atoms with Gasteiger partial charge in [-0.2, -0.15) is 0 Å². The number of esters is 1. The Balaban J connectivity index is 1.56. The van der Waals surface area contributed by atoms with E-state index in [4.69, 9.17) is 4.74 Å². The normalized spacial score (nSPS) is 13.1. The number of amides is 2. The molecule has 0 unspecified atom stereocenters. The summed E-state index contributed by atoms with van der Waals surface area (Å²) in [6.45, 7) is 1.69. The van der Waals surface area contributed by atoms with Crippen molar-refractivity contribution in [3.05, 3.63) is 80.9 Å². The van der Waals surface area contributed by atoms with Gasteiger partial charge in [0.25, 0.3) is 17.4 Å². The van der Waals surface area contributed by atoms with E-state index in [1.54, 1.807) is 18.3 Å². The number of nitrogens with zero attached hydrogens (tertiary/aromatic N) is 3. The first-order valence-electron chi connectivity index (χ1n) is 8.47. The maximum Gasteiger partial charge on any atom is 0.338 e. The van der Waals surface area contributed by atoms with Crippen LogP contribution in [0, 0.1) is 6.92 Å². The number of aromatic nitrogens is 2. The molecule has 8 nitrogen and oxygen atoms in total. The third-order valence-electron chi connectivity index (χ3n) is 4.55. The van der Waals surface area contributed by atoms with Gasteiger partial charge < -0.3 is 4.74 Å². The first-order chi connectivity index (χ1) is 13.3. The summed E-state index contributed by atoms with van der Waals surface area (Å²) in [5, 5.41) is 0.